The van der Waals surface area contributed by atoms with Crippen LogP contribution < -0.4 is 24.8 Å². The topological polar surface area (TPSA) is 157 Å². The van der Waals surface area contributed by atoms with Crippen molar-refractivity contribution in [2.75, 3.05) is 26.2 Å². The average Bonchev–Trinajstić information content (AvgIpc) is 3.10. The molecule has 272 valence electrons. The van der Waals surface area contributed by atoms with Crippen molar-refractivity contribution in [1.29, 1.82) is 0 Å². The highest BCUT2D eigenvalue weighted by Crippen LogP contribution is 2.15. The summed E-state index contributed by atoms with van der Waals surface area (Å²) in [6, 6.07) is 20.2. The molecule has 0 aliphatic rings. The van der Waals surface area contributed by atoms with Crippen molar-refractivity contribution in [2.24, 2.45) is 0 Å². The van der Waals surface area contributed by atoms with E-state index >= 15 is 0 Å². The van der Waals surface area contributed by atoms with Gasteiger partial charge in [-0.15, -0.1) is 0 Å². The van der Waals surface area contributed by atoms with Gasteiger partial charge in [-0.2, -0.15) is 0 Å². The molecule has 3 aromatic carbocycles. The molecule has 12 heteroatoms. The van der Waals surface area contributed by atoms with E-state index in [1.165, 1.54) is 39.0 Å². The molecule has 12 nitrogen and oxygen atoms in total. The molecule has 0 bridgehead atoms. The van der Waals surface area contributed by atoms with Crippen molar-refractivity contribution < 1.29 is 43.0 Å². The van der Waals surface area contributed by atoms with E-state index in [4.69, 9.17) is 14.2 Å². The van der Waals surface area contributed by atoms with Crippen LogP contribution in [0.2, 0.25) is 0 Å². The molecule has 0 saturated carbocycles. The Balaban J connectivity index is 1.48. The Morgan fingerprint density at radius 3 is 1.23 bits per heavy atom. The number of hydrogen-bond acceptors (Lipinski definition) is 9. The zero-order valence-electron chi connectivity index (χ0n) is 29.5. The third-order valence-corrected chi connectivity index (χ3v) is 7.07. The summed E-state index contributed by atoms with van der Waals surface area (Å²) in [6.45, 7) is 5.55. The lowest BCUT2D eigenvalue weighted by Gasteiger charge is -2.21. The lowest BCUT2D eigenvalue weighted by Crippen LogP contribution is -2.34. The van der Waals surface area contributed by atoms with Crippen LogP contribution in [0.5, 0.6) is 17.2 Å². The van der Waals surface area contributed by atoms with Crippen molar-refractivity contribution in [1.82, 2.24) is 15.5 Å². The minimum absolute atomic E-state index is 0.209. The maximum atomic E-state index is 13.2. The largest absolute Gasteiger partial charge is 0.427 e. The van der Waals surface area contributed by atoms with Gasteiger partial charge in [0.1, 0.15) is 17.2 Å². The Morgan fingerprint density at radius 2 is 0.846 bits per heavy atom. The molecule has 0 aliphatic carbocycles. The van der Waals surface area contributed by atoms with Crippen LogP contribution >= 0.6 is 0 Å². The minimum atomic E-state index is -0.422. The molecular formula is C40H43N3O9. The van der Waals surface area contributed by atoms with E-state index in [9.17, 15) is 28.8 Å². The van der Waals surface area contributed by atoms with E-state index in [1.54, 1.807) is 95.9 Å². The second kappa shape index (κ2) is 21.7. The summed E-state index contributed by atoms with van der Waals surface area (Å²) >= 11 is 0. The lowest BCUT2D eigenvalue weighted by atomic mass is 10.2. The number of rotatable bonds is 18. The number of ether oxygens (including phenoxy) is 3. The number of esters is 3. The van der Waals surface area contributed by atoms with E-state index in [0.717, 1.165) is 16.7 Å². The third-order valence-electron chi connectivity index (χ3n) is 7.07. The van der Waals surface area contributed by atoms with Crippen molar-refractivity contribution in [3.63, 3.8) is 0 Å². The van der Waals surface area contributed by atoms with Crippen LogP contribution in [0, 0.1) is 0 Å². The van der Waals surface area contributed by atoms with Crippen molar-refractivity contribution in [3.05, 3.63) is 108 Å². The first kappa shape index (κ1) is 40.1. The Morgan fingerprint density at radius 1 is 0.500 bits per heavy atom. The molecule has 3 aromatic rings. The number of unbranched alkanes of at least 4 members (excludes halogenated alkanes) is 1. The maximum Gasteiger partial charge on any atom is 0.308 e. The Kier molecular flexibility index (Phi) is 16.8. The molecule has 0 unspecified atom stereocenters. The molecule has 52 heavy (non-hydrogen) atoms. The monoisotopic (exact) mass is 709 g/mol. The van der Waals surface area contributed by atoms with Crippen molar-refractivity contribution in [3.8, 4) is 17.2 Å². The summed E-state index contributed by atoms with van der Waals surface area (Å²) in [7, 11) is 0. The van der Waals surface area contributed by atoms with Crippen LogP contribution in [-0.2, 0) is 28.8 Å². The van der Waals surface area contributed by atoms with Gasteiger partial charge in [0.2, 0.25) is 17.7 Å². The predicted octanol–water partition coefficient (Wildman–Crippen LogP) is 5.13. The second-order valence-electron chi connectivity index (χ2n) is 11.5. The van der Waals surface area contributed by atoms with Crippen LogP contribution in [0.1, 0.15) is 56.7 Å². The summed E-state index contributed by atoms with van der Waals surface area (Å²) < 4.78 is 15.1. The zero-order valence-corrected chi connectivity index (χ0v) is 29.5. The van der Waals surface area contributed by atoms with Gasteiger partial charge in [-0.3, -0.25) is 28.8 Å². The van der Waals surface area contributed by atoms with Gasteiger partial charge in [-0.1, -0.05) is 36.4 Å². The first-order valence-electron chi connectivity index (χ1n) is 16.7. The lowest BCUT2D eigenvalue weighted by molar-refractivity contribution is -0.132. The number of amides is 3. The summed E-state index contributed by atoms with van der Waals surface area (Å²) in [5.74, 6) is -0.758. The molecule has 0 aromatic heterocycles. The highest BCUT2D eigenvalue weighted by atomic mass is 16.5. The van der Waals surface area contributed by atoms with Gasteiger partial charge in [-0.25, -0.2) is 0 Å². The fourth-order valence-corrected chi connectivity index (χ4v) is 4.63. The molecule has 3 amide bonds. The van der Waals surface area contributed by atoms with Crippen molar-refractivity contribution in [2.45, 2.75) is 40.0 Å². The highest BCUT2D eigenvalue weighted by Gasteiger charge is 2.11. The normalized spacial score (nSPS) is 11.0. The van der Waals surface area contributed by atoms with Crippen LogP contribution in [0.4, 0.5) is 0 Å². The molecule has 0 heterocycles. The van der Waals surface area contributed by atoms with Gasteiger partial charge in [0.05, 0.1) is 0 Å². The molecule has 3 rings (SSSR count). The predicted molar refractivity (Wildman–Crippen MR) is 197 cm³/mol. The first-order valence-corrected chi connectivity index (χ1v) is 16.7. The highest BCUT2D eigenvalue weighted by molar-refractivity contribution is 5.93. The fraction of sp³-hybridized carbons (Fsp3) is 0.250. The Labute approximate surface area is 303 Å². The van der Waals surface area contributed by atoms with Crippen molar-refractivity contribution >= 4 is 53.9 Å². The third kappa shape index (κ3) is 16.4. The molecule has 2 N–H and O–H groups in total. The van der Waals surface area contributed by atoms with Gasteiger partial charge >= 0.3 is 17.9 Å². The van der Waals surface area contributed by atoms with E-state index in [0.29, 0.717) is 62.7 Å². The molecule has 0 spiro atoms. The fourth-order valence-electron chi connectivity index (χ4n) is 4.63. The second-order valence-corrected chi connectivity index (χ2v) is 11.5. The smallest absolute Gasteiger partial charge is 0.308 e. The molecule has 0 radical (unpaired) electrons. The molecule has 0 saturated heterocycles. The van der Waals surface area contributed by atoms with Gasteiger partial charge < -0.3 is 29.7 Å². The average molecular weight is 710 g/mol. The SMILES string of the molecule is CC(=O)Oc1ccc(/C=C/C(=O)NCCCCN(CCCNC(=O)/C=C/c2ccc(OC(C)=O)cc2)C(=O)/C=C/c2ccc(OC(C)=O)cc2)cc1. The summed E-state index contributed by atoms with van der Waals surface area (Å²) in [4.78, 5) is 72.9. The van der Waals surface area contributed by atoms with Gasteiger partial charge in [0.15, 0.2) is 0 Å². The number of carbonyl (C=O) groups is 6. The number of nitrogens with one attached hydrogen (secondary N) is 2. The van der Waals surface area contributed by atoms with E-state index in [1.807, 2.05) is 0 Å². The number of benzene rings is 3. The molecule has 0 aliphatic heterocycles. The van der Waals surface area contributed by atoms with E-state index < -0.39 is 17.9 Å². The van der Waals surface area contributed by atoms with E-state index in [2.05, 4.69) is 10.6 Å². The van der Waals surface area contributed by atoms with Gasteiger partial charge in [0, 0.05) is 65.2 Å². The van der Waals surface area contributed by atoms with Crippen LogP contribution in [0.15, 0.2) is 91.0 Å². The van der Waals surface area contributed by atoms with E-state index in [-0.39, 0.29) is 17.7 Å². The number of nitrogens with zero attached hydrogens (tertiary/aromatic N) is 1. The van der Waals surface area contributed by atoms with Crippen LogP contribution in [-0.4, -0.2) is 66.7 Å². The summed E-state index contributed by atoms with van der Waals surface area (Å²) in [6.07, 6.45) is 11.0. The van der Waals surface area contributed by atoms with Gasteiger partial charge in [0.25, 0.3) is 0 Å². The number of carbonyl (C=O) groups excluding carboxylic acids is 6. The van der Waals surface area contributed by atoms with Crippen LogP contribution in [0.25, 0.3) is 18.2 Å². The molecular weight excluding hydrogens is 666 g/mol. The van der Waals surface area contributed by atoms with Gasteiger partial charge in [-0.05, 0) is 90.6 Å². The summed E-state index contributed by atoms with van der Waals surface area (Å²) in [5.41, 5.74) is 2.28. The number of hydrogen-bond donors (Lipinski definition) is 2. The molecule has 0 fully saturated rings. The quantitative estimate of drug-likeness (QED) is 0.0791. The Hall–Kier alpha value is -6.30. The Bertz CT molecular complexity index is 1760. The first-order chi connectivity index (χ1) is 25.0. The molecule has 0 atom stereocenters. The minimum Gasteiger partial charge on any atom is -0.427 e. The standard InChI is InChI=1S/C40H43N3O9/c1-29(44)50-35-16-7-32(8-17-35)13-22-38(47)41-25-4-5-27-43(40(49)24-15-34-11-20-37(21-12-34)52-31(3)46)28-6-26-42-39(48)23-14-33-9-18-36(19-10-33)51-30(2)45/h7-24H,4-6,25-28H2,1-3H3,(H,41,47)(H,42,48)/b22-13+,23-14+,24-15+. The van der Waals surface area contributed by atoms with Crippen LogP contribution in [0.3, 0.4) is 0 Å². The maximum absolute atomic E-state index is 13.2. The zero-order chi connectivity index (χ0) is 37.7. The summed E-state index contributed by atoms with van der Waals surface area (Å²) in [5, 5.41) is 5.66.